The number of amides is 1. The first kappa shape index (κ1) is 21.2. The van der Waals surface area contributed by atoms with E-state index in [1.54, 1.807) is 18.2 Å². The number of nitrogens with zero attached hydrogens (tertiary/aromatic N) is 2. The fourth-order valence-electron chi connectivity index (χ4n) is 2.61. The zero-order chi connectivity index (χ0) is 21.7. The summed E-state index contributed by atoms with van der Waals surface area (Å²) in [4.78, 5) is 16.4. The van der Waals surface area contributed by atoms with Gasteiger partial charge in [0.25, 0.3) is 5.91 Å². The lowest BCUT2D eigenvalue weighted by Gasteiger charge is -2.07. The zero-order valence-corrected chi connectivity index (χ0v) is 16.1. The lowest BCUT2D eigenvalue weighted by Crippen LogP contribution is -2.25. The Morgan fingerprint density at radius 3 is 2.27 bits per heavy atom. The molecule has 0 fully saturated rings. The Hall–Kier alpha value is -3.56. The number of carbonyl (C=O) groups is 1. The molecule has 2 aromatic carbocycles. The van der Waals surface area contributed by atoms with Gasteiger partial charge in [0.15, 0.2) is 0 Å². The third kappa shape index (κ3) is 5.07. The first-order valence-corrected chi connectivity index (χ1v) is 8.81. The molecule has 0 spiro atoms. The molecule has 0 saturated carbocycles. The van der Waals surface area contributed by atoms with Crippen molar-refractivity contribution in [3.63, 3.8) is 0 Å². The average Bonchev–Trinajstić information content (AvgIpc) is 3.21. The van der Waals surface area contributed by atoms with E-state index in [9.17, 15) is 18.0 Å². The second-order valence-electron chi connectivity index (χ2n) is 6.19. The molecule has 0 aliphatic carbocycles. The van der Waals surface area contributed by atoms with Gasteiger partial charge in [-0.1, -0.05) is 5.16 Å². The van der Waals surface area contributed by atoms with E-state index in [2.05, 4.69) is 15.5 Å². The standard InChI is InChI=1S/C20H18F3N3O4/c1-28-15-9-13(10-16(11-15)29-2)18-25-17(30-26-18)7-8-24-19(27)12-3-5-14(6-4-12)20(21,22)23/h3-6,9-11H,7-8H2,1-2H3,(H,24,27). The van der Waals surface area contributed by atoms with E-state index in [-0.39, 0.29) is 18.5 Å². The third-order valence-electron chi connectivity index (χ3n) is 4.18. The Balaban J connectivity index is 1.59. The number of ether oxygens (including phenoxy) is 2. The van der Waals surface area contributed by atoms with Crippen LogP contribution in [-0.4, -0.2) is 36.8 Å². The number of nitrogens with one attached hydrogen (secondary N) is 1. The summed E-state index contributed by atoms with van der Waals surface area (Å²) in [7, 11) is 3.05. The van der Waals surface area contributed by atoms with Gasteiger partial charge in [-0.05, 0) is 36.4 Å². The maximum absolute atomic E-state index is 12.6. The van der Waals surface area contributed by atoms with Gasteiger partial charge in [-0.2, -0.15) is 18.2 Å². The van der Waals surface area contributed by atoms with Gasteiger partial charge in [0.1, 0.15) is 11.5 Å². The molecule has 3 aromatic rings. The fourth-order valence-corrected chi connectivity index (χ4v) is 2.61. The Morgan fingerprint density at radius 2 is 1.70 bits per heavy atom. The molecule has 0 aliphatic rings. The second kappa shape index (κ2) is 8.85. The molecule has 0 atom stereocenters. The highest BCUT2D eigenvalue weighted by Gasteiger charge is 2.30. The van der Waals surface area contributed by atoms with Crippen molar-refractivity contribution in [2.24, 2.45) is 0 Å². The minimum Gasteiger partial charge on any atom is -0.497 e. The molecule has 0 unspecified atom stereocenters. The minimum atomic E-state index is -4.45. The van der Waals surface area contributed by atoms with Crippen molar-refractivity contribution in [2.45, 2.75) is 12.6 Å². The number of hydrogen-bond donors (Lipinski definition) is 1. The van der Waals surface area contributed by atoms with Gasteiger partial charge in [-0.3, -0.25) is 4.79 Å². The summed E-state index contributed by atoms with van der Waals surface area (Å²) in [6.45, 7) is 0.170. The van der Waals surface area contributed by atoms with Gasteiger partial charge in [0, 0.05) is 30.2 Å². The molecule has 158 valence electrons. The van der Waals surface area contributed by atoms with Gasteiger partial charge in [0.2, 0.25) is 11.7 Å². The number of aromatic nitrogens is 2. The van der Waals surface area contributed by atoms with E-state index in [0.29, 0.717) is 28.8 Å². The fraction of sp³-hybridized carbons (Fsp3) is 0.250. The van der Waals surface area contributed by atoms with E-state index >= 15 is 0 Å². The highest BCUT2D eigenvalue weighted by Crippen LogP contribution is 2.29. The Bertz CT molecular complexity index is 995. The SMILES string of the molecule is COc1cc(OC)cc(-c2noc(CCNC(=O)c3ccc(C(F)(F)F)cc3)n2)c1. The van der Waals surface area contributed by atoms with Crippen LogP contribution >= 0.6 is 0 Å². The molecule has 0 aliphatic heterocycles. The molecule has 1 amide bonds. The van der Waals surface area contributed by atoms with Crippen molar-refractivity contribution in [2.75, 3.05) is 20.8 Å². The maximum atomic E-state index is 12.6. The molecule has 1 aromatic heterocycles. The van der Waals surface area contributed by atoms with Crippen LogP contribution in [0.15, 0.2) is 47.0 Å². The van der Waals surface area contributed by atoms with Gasteiger partial charge in [-0.25, -0.2) is 0 Å². The van der Waals surface area contributed by atoms with Gasteiger partial charge >= 0.3 is 6.18 Å². The van der Waals surface area contributed by atoms with Crippen molar-refractivity contribution in [3.05, 3.63) is 59.5 Å². The monoisotopic (exact) mass is 421 g/mol. The molecule has 0 saturated heterocycles. The van der Waals surface area contributed by atoms with Crippen LogP contribution in [0.1, 0.15) is 21.8 Å². The topological polar surface area (TPSA) is 86.5 Å². The van der Waals surface area contributed by atoms with Crippen LogP contribution in [0.5, 0.6) is 11.5 Å². The van der Waals surface area contributed by atoms with Gasteiger partial charge < -0.3 is 19.3 Å². The third-order valence-corrected chi connectivity index (χ3v) is 4.18. The number of hydrogen-bond acceptors (Lipinski definition) is 6. The van der Waals surface area contributed by atoms with Crippen LogP contribution in [0.25, 0.3) is 11.4 Å². The quantitative estimate of drug-likeness (QED) is 0.626. The highest BCUT2D eigenvalue weighted by atomic mass is 19.4. The van der Waals surface area contributed by atoms with Crippen molar-refractivity contribution in [1.29, 1.82) is 0 Å². The Morgan fingerprint density at radius 1 is 1.07 bits per heavy atom. The molecule has 30 heavy (non-hydrogen) atoms. The summed E-state index contributed by atoms with van der Waals surface area (Å²) in [5.41, 5.74) is -0.0562. The summed E-state index contributed by atoms with van der Waals surface area (Å²) in [5.74, 6) is 1.26. The lowest BCUT2D eigenvalue weighted by molar-refractivity contribution is -0.137. The second-order valence-corrected chi connectivity index (χ2v) is 6.19. The van der Waals surface area contributed by atoms with Crippen molar-refractivity contribution >= 4 is 5.91 Å². The predicted molar refractivity (Wildman–Crippen MR) is 100 cm³/mol. The van der Waals surface area contributed by atoms with Crippen LogP contribution < -0.4 is 14.8 Å². The lowest BCUT2D eigenvalue weighted by atomic mass is 10.1. The zero-order valence-electron chi connectivity index (χ0n) is 16.1. The Kier molecular flexibility index (Phi) is 6.24. The smallest absolute Gasteiger partial charge is 0.416 e. The summed E-state index contributed by atoms with van der Waals surface area (Å²) in [6.07, 6.45) is -4.20. The molecular formula is C20H18F3N3O4. The number of halogens is 3. The van der Waals surface area contributed by atoms with Crippen LogP contribution in [-0.2, 0) is 12.6 Å². The number of benzene rings is 2. The van der Waals surface area contributed by atoms with Crippen LogP contribution in [0.2, 0.25) is 0 Å². The normalized spacial score (nSPS) is 11.2. The molecule has 1 N–H and O–H groups in total. The first-order chi connectivity index (χ1) is 14.3. The van der Waals surface area contributed by atoms with Crippen LogP contribution in [0.4, 0.5) is 13.2 Å². The number of carbonyl (C=O) groups excluding carboxylic acids is 1. The average molecular weight is 421 g/mol. The van der Waals surface area contributed by atoms with E-state index < -0.39 is 17.6 Å². The molecule has 0 bridgehead atoms. The van der Waals surface area contributed by atoms with Crippen molar-refractivity contribution in [1.82, 2.24) is 15.5 Å². The molecular weight excluding hydrogens is 403 g/mol. The van der Waals surface area contributed by atoms with Crippen LogP contribution in [0.3, 0.4) is 0 Å². The largest absolute Gasteiger partial charge is 0.497 e. The maximum Gasteiger partial charge on any atom is 0.416 e. The first-order valence-electron chi connectivity index (χ1n) is 8.81. The van der Waals surface area contributed by atoms with Crippen molar-refractivity contribution in [3.8, 4) is 22.9 Å². The molecule has 7 nitrogen and oxygen atoms in total. The predicted octanol–water partition coefficient (Wildman–Crippen LogP) is 3.75. The number of rotatable bonds is 7. The van der Waals surface area contributed by atoms with Crippen molar-refractivity contribution < 1.29 is 32.0 Å². The van der Waals surface area contributed by atoms with E-state index in [0.717, 1.165) is 24.3 Å². The summed E-state index contributed by atoms with van der Waals surface area (Å²) < 4.78 is 53.4. The van der Waals surface area contributed by atoms with E-state index in [1.807, 2.05) is 0 Å². The minimum absolute atomic E-state index is 0.123. The van der Waals surface area contributed by atoms with Crippen LogP contribution in [0, 0.1) is 0 Å². The Labute approximate surface area is 169 Å². The summed E-state index contributed by atoms with van der Waals surface area (Å²) >= 11 is 0. The highest BCUT2D eigenvalue weighted by molar-refractivity contribution is 5.94. The molecule has 0 radical (unpaired) electrons. The molecule has 1 heterocycles. The summed E-state index contributed by atoms with van der Waals surface area (Å²) in [6, 6.07) is 9.13. The number of alkyl halides is 3. The van der Waals surface area contributed by atoms with E-state index in [1.165, 1.54) is 14.2 Å². The number of methoxy groups -OCH3 is 2. The summed E-state index contributed by atoms with van der Waals surface area (Å²) in [5, 5.41) is 6.51. The van der Waals surface area contributed by atoms with Gasteiger partial charge in [-0.15, -0.1) is 0 Å². The van der Waals surface area contributed by atoms with E-state index in [4.69, 9.17) is 14.0 Å². The molecule has 10 heteroatoms. The van der Waals surface area contributed by atoms with Gasteiger partial charge in [0.05, 0.1) is 19.8 Å². The molecule has 3 rings (SSSR count).